The van der Waals surface area contributed by atoms with E-state index in [9.17, 15) is 43.2 Å². The molecule has 0 aliphatic rings. The third-order valence-electron chi connectivity index (χ3n) is 20.4. The molecular weight excluding hydrogens is 1370 g/mol. The maximum atomic E-state index is 13.1. The molecule has 0 saturated carbocycles. The summed E-state index contributed by atoms with van der Waals surface area (Å²) in [5.41, 5.74) is 0. The van der Waals surface area contributed by atoms with Crippen molar-refractivity contribution in [3.8, 4) is 0 Å². The van der Waals surface area contributed by atoms with Gasteiger partial charge in [-0.25, -0.2) is 9.13 Å². The molecule has 0 fully saturated rings. The first kappa shape index (κ1) is 103. The van der Waals surface area contributed by atoms with Crippen molar-refractivity contribution in [1.29, 1.82) is 0 Å². The molecule has 0 amide bonds. The van der Waals surface area contributed by atoms with Crippen LogP contribution in [-0.2, 0) is 65.4 Å². The molecule has 5 atom stereocenters. The SMILES string of the molecule is CCCCCCCCCCCCCCCCCCCCCCCCC(=O)OC[C@H](COP(=O)(O)OC[C@@H](O)COP(=O)(O)OC[C@@H](COC(=O)CCCCCCCCCCC)OC(=O)CCCCCCCCCCCCCC)OC(=O)CCCCCCCCCCCCCCCCCCCCCCCC. The van der Waals surface area contributed by atoms with E-state index in [0.717, 1.165) is 89.9 Å². The Morgan fingerprint density at radius 2 is 0.381 bits per heavy atom. The molecule has 3 N–H and O–H groups in total. The van der Waals surface area contributed by atoms with Crippen LogP contribution in [-0.4, -0.2) is 96.7 Å². The smallest absolute Gasteiger partial charge is 0.462 e. The van der Waals surface area contributed by atoms with Gasteiger partial charge in [-0.3, -0.25) is 37.3 Å². The Morgan fingerprint density at radius 1 is 0.229 bits per heavy atom. The van der Waals surface area contributed by atoms with Gasteiger partial charge in [0.05, 0.1) is 26.4 Å². The van der Waals surface area contributed by atoms with Crippen molar-refractivity contribution in [3.05, 3.63) is 0 Å². The molecule has 19 heteroatoms. The fraction of sp³-hybridized carbons (Fsp3) is 0.953. The van der Waals surface area contributed by atoms with Crippen LogP contribution in [0.3, 0.4) is 0 Å². The van der Waals surface area contributed by atoms with Gasteiger partial charge in [0.25, 0.3) is 0 Å². The van der Waals surface area contributed by atoms with Gasteiger partial charge in [-0.05, 0) is 25.7 Å². The van der Waals surface area contributed by atoms with Crippen LogP contribution >= 0.6 is 15.6 Å². The lowest BCUT2D eigenvalue weighted by Gasteiger charge is -2.21. The van der Waals surface area contributed by atoms with Crippen LogP contribution in [0.25, 0.3) is 0 Å². The van der Waals surface area contributed by atoms with Gasteiger partial charge in [0.1, 0.15) is 19.3 Å². The number of unbranched alkanes of at least 4 members (excludes halogenated alkanes) is 61. The van der Waals surface area contributed by atoms with Crippen molar-refractivity contribution in [3.63, 3.8) is 0 Å². The zero-order chi connectivity index (χ0) is 76.7. The standard InChI is InChI=1S/C86H168O17P2/c1-5-9-13-17-21-25-28-31-33-35-37-39-41-43-45-47-49-52-55-59-63-67-71-84(89)97-77-82(103-86(91)73-69-65-61-57-53-50-48-46-44-42-40-38-36-34-32-29-26-22-18-14-10-6-2)79-101-105(94,95)99-75-80(87)74-98-104(92,93)100-78-81(76-96-83(88)70-66-62-58-54-24-20-16-12-8-4)102-85(90)72-68-64-60-56-51-30-27-23-19-15-11-7-3/h80-82,87H,5-79H2,1-4H3,(H,92,93)(H,94,95)/t80-,81+,82+/m0/s1. The van der Waals surface area contributed by atoms with E-state index in [1.807, 2.05) is 0 Å². The number of esters is 4. The molecule has 2 unspecified atom stereocenters. The molecular formula is C86H168O17P2. The largest absolute Gasteiger partial charge is 0.472 e. The number of ether oxygens (including phenoxy) is 4. The quantitative estimate of drug-likeness (QED) is 0.0222. The van der Waals surface area contributed by atoms with Gasteiger partial charge >= 0.3 is 39.5 Å². The topological polar surface area (TPSA) is 237 Å². The van der Waals surface area contributed by atoms with E-state index in [1.54, 1.807) is 0 Å². The van der Waals surface area contributed by atoms with Gasteiger partial charge in [-0.2, -0.15) is 0 Å². The molecule has 0 spiro atoms. The van der Waals surface area contributed by atoms with Crippen molar-refractivity contribution >= 4 is 39.5 Å². The van der Waals surface area contributed by atoms with E-state index in [2.05, 4.69) is 27.7 Å². The summed E-state index contributed by atoms with van der Waals surface area (Å²) in [6.45, 7) is 5.02. The summed E-state index contributed by atoms with van der Waals surface area (Å²) in [4.78, 5) is 73.1. The first-order chi connectivity index (χ1) is 51.2. The maximum Gasteiger partial charge on any atom is 0.472 e. The molecule has 105 heavy (non-hydrogen) atoms. The fourth-order valence-corrected chi connectivity index (χ4v) is 15.1. The van der Waals surface area contributed by atoms with Crippen LogP contribution in [0.15, 0.2) is 0 Å². The molecule has 0 saturated heterocycles. The third kappa shape index (κ3) is 79.9. The Kier molecular flexibility index (Phi) is 78.6. The van der Waals surface area contributed by atoms with E-state index in [-0.39, 0.29) is 25.7 Å². The van der Waals surface area contributed by atoms with Crippen molar-refractivity contribution in [2.75, 3.05) is 39.6 Å². The molecule has 0 aliphatic carbocycles. The number of aliphatic hydroxyl groups excluding tert-OH is 1. The predicted octanol–water partition coefficient (Wildman–Crippen LogP) is 26.5. The molecule has 0 aliphatic heterocycles. The number of carbonyl (C=O) groups is 4. The van der Waals surface area contributed by atoms with E-state index in [1.165, 1.54) is 302 Å². The lowest BCUT2D eigenvalue weighted by atomic mass is 10.0. The minimum absolute atomic E-state index is 0.108. The number of hydrogen-bond acceptors (Lipinski definition) is 15. The number of phosphoric ester groups is 2. The van der Waals surface area contributed by atoms with Gasteiger partial charge in [0.2, 0.25) is 0 Å². The van der Waals surface area contributed by atoms with E-state index in [0.29, 0.717) is 25.7 Å². The summed E-state index contributed by atoms with van der Waals surface area (Å²) in [5.74, 6) is -2.10. The van der Waals surface area contributed by atoms with Crippen LogP contribution in [0.1, 0.15) is 471 Å². The average molecular weight is 1540 g/mol. The highest BCUT2D eigenvalue weighted by Crippen LogP contribution is 2.45. The van der Waals surface area contributed by atoms with Crippen molar-refractivity contribution in [1.82, 2.24) is 0 Å². The Hall–Kier alpha value is -1.94. The molecule has 0 aromatic rings. The van der Waals surface area contributed by atoms with Crippen LogP contribution in [0.5, 0.6) is 0 Å². The number of carbonyl (C=O) groups excluding carboxylic acids is 4. The van der Waals surface area contributed by atoms with Gasteiger partial charge in [0, 0.05) is 25.7 Å². The minimum Gasteiger partial charge on any atom is -0.462 e. The van der Waals surface area contributed by atoms with E-state index < -0.39 is 97.5 Å². The van der Waals surface area contributed by atoms with Crippen molar-refractivity contribution < 1.29 is 80.2 Å². The minimum atomic E-state index is -4.96. The van der Waals surface area contributed by atoms with E-state index in [4.69, 9.17) is 37.0 Å². The fourth-order valence-electron chi connectivity index (χ4n) is 13.5. The van der Waals surface area contributed by atoms with Gasteiger partial charge in [-0.1, -0.05) is 419 Å². The van der Waals surface area contributed by atoms with Crippen LogP contribution in [0.2, 0.25) is 0 Å². The number of phosphoric acid groups is 2. The predicted molar refractivity (Wildman–Crippen MR) is 432 cm³/mol. The van der Waals surface area contributed by atoms with Crippen molar-refractivity contribution in [2.24, 2.45) is 0 Å². The molecule has 0 aromatic carbocycles. The lowest BCUT2D eigenvalue weighted by molar-refractivity contribution is -0.161. The first-order valence-electron chi connectivity index (χ1n) is 44.8. The third-order valence-corrected chi connectivity index (χ3v) is 22.3. The second-order valence-corrected chi connectivity index (χ2v) is 33.8. The first-order valence-corrected chi connectivity index (χ1v) is 47.8. The van der Waals surface area contributed by atoms with E-state index >= 15 is 0 Å². The molecule has 0 aromatic heterocycles. The Labute approximate surface area is 645 Å². The van der Waals surface area contributed by atoms with Gasteiger partial charge < -0.3 is 33.8 Å². The molecule has 624 valence electrons. The Morgan fingerprint density at radius 3 is 0.562 bits per heavy atom. The molecule has 0 radical (unpaired) electrons. The highest BCUT2D eigenvalue weighted by atomic mass is 31.2. The van der Waals surface area contributed by atoms with Gasteiger partial charge in [-0.15, -0.1) is 0 Å². The summed E-state index contributed by atoms with van der Waals surface area (Å²) < 4.78 is 68.8. The summed E-state index contributed by atoms with van der Waals surface area (Å²) in [5, 5.41) is 10.7. The van der Waals surface area contributed by atoms with Crippen LogP contribution in [0, 0.1) is 0 Å². The van der Waals surface area contributed by atoms with Crippen molar-refractivity contribution in [2.45, 2.75) is 489 Å². The zero-order valence-corrected chi connectivity index (χ0v) is 70.5. The maximum absolute atomic E-state index is 13.1. The molecule has 0 rings (SSSR count). The summed E-state index contributed by atoms with van der Waals surface area (Å²) in [7, 11) is -9.92. The summed E-state index contributed by atoms with van der Waals surface area (Å²) in [6.07, 6.45) is 75.3. The Balaban J connectivity index is 5.16. The lowest BCUT2D eigenvalue weighted by Crippen LogP contribution is -2.30. The van der Waals surface area contributed by atoms with Crippen LogP contribution in [0.4, 0.5) is 0 Å². The second-order valence-electron chi connectivity index (χ2n) is 30.9. The highest BCUT2D eigenvalue weighted by Gasteiger charge is 2.30. The number of aliphatic hydroxyl groups is 1. The Bertz CT molecular complexity index is 1980. The van der Waals surface area contributed by atoms with Gasteiger partial charge in [0.15, 0.2) is 12.2 Å². The monoisotopic (exact) mass is 1540 g/mol. The summed E-state index contributed by atoms with van der Waals surface area (Å²) >= 11 is 0. The zero-order valence-electron chi connectivity index (χ0n) is 68.7. The number of rotatable bonds is 87. The summed E-state index contributed by atoms with van der Waals surface area (Å²) in [6, 6.07) is 0. The average Bonchev–Trinajstić information content (AvgIpc) is 0.907. The van der Waals surface area contributed by atoms with Crippen LogP contribution < -0.4 is 0 Å². The molecule has 0 bridgehead atoms. The highest BCUT2D eigenvalue weighted by molar-refractivity contribution is 7.47. The normalized spacial score (nSPS) is 13.7. The molecule has 0 heterocycles. The second kappa shape index (κ2) is 80.1. The molecule has 17 nitrogen and oxygen atoms in total. The number of hydrogen-bond donors (Lipinski definition) is 3.